The number of hydrogen-bond acceptors (Lipinski definition) is 6. The van der Waals surface area contributed by atoms with Crippen molar-refractivity contribution in [2.24, 2.45) is 4.99 Å². The molecule has 154 valence electrons. The van der Waals surface area contributed by atoms with E-state index in [0.29, 0.717) is 48.9 Å². The molecule has 0 aliphatic carbocycles. The van der Waals surface area contributed by atoms with E-state index in [1.165, 1.54) is 12.3 Å². The first-order valence-electron chi connectivity index (χ1n) is 9.65. The monoisotopic (exact) mass is 408 g/mol. The first-order chi connectivity index (χ1) is 14.5. The van der Waals surface area contributed by atoms with Crippen LogP contribution in [0.4, 0.5) is 0 Å². The van der Waals surface area contributed by atoms with Crippen LogP contribution in [0.2, 0.25) is 0 Å². The second kappa shape index (κ2) is 8.20. The van der Waals surface area contributed by atoms with E-state index in [1.54, 1.807) is 17.8 Å². The Balaban J connectivity index is 1.80. The number of hydrogen-bond donors (Lipinski definition) is 1. The minimum absolute atomic E-state index is 0.312. The van der Waals surface area contributed by atoms with Crippen LogP contribution < -0.4 is 14.9 Å². The highest BCUT2D eigenvalue weighted by Crippen LogP contribution is 2.43. The fourth-order valence-corrected chi connectivity index (χ4v) is 3.56. The number of methoxy groups -OCH3 is 1. The summed E-state index contributed by atoms with van der Waals surface area (Å²) in [7, 11) is 2.32. The molecule has 2 aliphatic heterocycles. The summed E-state index contributed by atoms with van der Waals surface area (Å²) in [6, 6.07) is 5.04. The second-order valence-corrected chi connectivity index (χ2v) is 7.10. The highest BCUT2D eigenvalue weighted by molar-refractivity contribution is 6.73. The Morgan fingerprint density at radius 3 is 2.87 bits per heavy atom. The third-order valence-corrected chi connectivity index (χ3v) is 5.03. The number of ether oxygens (including phenoxy) is 3. The minimum Gasteiger partial charge on any atom is -0.493 e. The van der Waals surface area contributed by atoms with Crippen molar-refractivity contribution in [3.63, 3.8) is 0 Å². The number of benzene rings is 1. The van der Waals surface area contributed by atoms with E-state index < -0.39 is 17.6 Å². The number of nitrogens with zero attached hydrogens (tertiary/aromatic N) is 2. The number of rotatable bonds is 7. The Morgan fingerprint density at radius 2 is 2.17 bits per heavy atom. The number of aromatic carboxylic acids is 1. The molecule has 8 nitrogen and oxygen atoms in total. The summed E-state index contributed by atoms with van der Waals surface area (Å²) in [6.07, 6.45) is 3.17. The maximum absolute atomic E-state index is 12.4. The molecule has 9 heteroatoms. The number of fused-ring (bicyclic) bond motifs is 3. The quantitative estimate of drug-likeness (QED) is 0.557. The highest BCUT2D eigenvalue weighted by atomic mass is 16.5. The third-order valence-electron chi connectivity index (χ3n) is 5.03. The summed E-state index contributed by atoms with van der Waals surface area (Å²) in [4.78, 5) is 28.3. The van der Waals surface area contributed by atoms with Crippen molar-refractivity contribution in [2.75, 3.05) is 20.3 Å². The van der Waals surface area contributed by atoms with E-state index in [2.05, 4.69) is 4.99 Å². The zero-order valence-corrected chi connectivity index (χ0v) is 16.8. The summed E-state index contributed by atoms with van der Waals surface area (Å²) >= 11 is 0. The summed E-state index contributed by atoms with van der Waals surface area (Å²) in [6.45, 7) is 3.02. The molecule has 0 saturated carbocycles. The topological polar surface area (TPSA) is 99.3 Å². The van der Waals surface area contributed by atoms with Gasteiger partial charge in [-0.1, -0.05) is 5.98 Å². The van der Waals surface area contributed by atoms with Crippen LogP contribution >= 0.6 is 0 Å². The molecule has 0 spiro atoms. The maximum Gasteiger partial charge on any atom is 0.341 e. The van der Waals surface area contributed by atoms with Crippen molar-refractivity contribution in [1.82, 2.24) is 4.57 Å². The Morgan fingerprint density at radius 1 is 1.33 bits per heavy atom. The molecular formula is C21H21BN2O6. The van der Waals surface area contributed by atoms with Crippen LogP contribution in [0.15, 0.2) is 45.9 Å². The number of carbonyl (C=O) groups is 1. The van der Waals surface area contributed by atoms with Gasteiger partial charge >= 0.3 is 5.97 Å². The van der Waals surface area contributed by atoms with Gasteiger partial charge in [0.15, 0.2) is 12.7 Å². The van der Waals surface area contributed by atoms with E-state index in [4.69, 9.17) is 14.2 Å². The number of carboxylic acids is 1. The van der Waals surface area contributed by atoms with Gasteiger partial charge in [0, 0.05) is 44.0 Å². The lowest BCUT2D eigenvalue weighted by atomic mass is 9.82. The predicted molar refractivity (Wildman–Crippen MR) is 113 cm³/mol. The molecule has 30 heavy (non-hydrogen) atoms. The van der Waals surface area contributed by atoms with Gasteiger partial charge in [-0.15, -0.1) is 0 Å². The molecule has 0 saturated heterocycles. The molecule has 1 atom stereocenters. The Bertz CT molecular complexity index is 1120. The first kappa shape index (κ1) is 20.0. The van der Waals surface area contributed by atoms with Gasteiger partial charge in [0.2, 0.25) is 6.23 Å². The fourth-order valence-electron chi connectivity index (χ4n) is 3.56. The Kier molecular flexibility index (Phi) is 5.45. The standard InChI is InChI=1S/C21H21BN2O6/c1-12-6-13-16-7-17(25)14(21(26)27)10-24(16)20(15-9-22-11-23-15)30-19(13)8-18(12)29-5-3-4-28-2/h6-11,20,22H,3-5H2,1-2H3,(H,26,27). The van der Waals surface area contributed by atoms with Crippen molar-refractivity contribution in [1.29, 1.82) is 0 Å². The lowest BCUT2D eigenvalue weighted by molar-refractivity contribution is 0.0693. The molecule has 3 heterocycles. The minimum atomic E-state index is -1.28. The number of aliphatic imine (C=N–C) groups is 1. The highest BCUT2D eigenvalue weighted by Gasteiger charge is 2.31. The van der Waals surface area contributed by atoms with Crippen molar-refractivity contribution in [2.45, 2.75) is 19.6 Å². The predicted octanol–water partition coefficient (Wildman–Crippen LogP) is 2.15. The van der Waals surface area contributed by atoms with Gasteiger partial charge in [-0.2, -0.15) is 0 Å². The SMILES string of the molecule is COCCCOc1cc2c(cc1C)-c1cc(=O)c(C(=O)O)cn1C(C1=CBC=N1)O2. The maximum atomic E-state index is 12.4. The van der Waals surface area contributed by atoms with Gasteiger partial charge in [-0.25, -0.2) is 4.79 Å². The van der Waals surface area contributed by atoms with Gasteiger partial charge in [0.25, 0.3) is 0 Å². The number of carboxylic acid groups (broad SMARTS) is 1. The van der Waals surface area contributed by atoms with E-state index >= 15 is 0 Å². The second-order valence-electron chi connectivity index (χ2n) is 7.10. The zero-order chi connectivity index (χ0) is 21.3. The van der Waals surface area contributed by atoms with Gasteiger partial charge < -0.3 is 23.9 Å². The fraction of sp³-hybridized carbons (Fsp3) is 0.286. The van der Waals surface area contributed by atoms with Crippen LogP contribution in [0.5, 0.6) is 11.5 Å². The van der Waals surface area contributed by atoms with Crippen molar-refractivity contribution in [3.8, 4) is 22.8 Å². The first-order valence-corrected chi connectivity index (χ1v) is 9.65. The van der Waals surface area contributed by atoms with Crippen LogP contribution in [-0.2, 0) is 4.74 Å². The van der Waals surface area contributed by atoms with Crippen LogP contribution in [0.1, 0.15) is 28.6 Å². The lowest BCUT2D eigenvalue weighted by Gasteiger charge is -2.32. The average Bonchev–Trinajstić information content (AvgIpc) is 3.25. The van der Waals surface area contributed by atoms with E-state index in [1.807, 2.05) is 25.0 Å². The molecule has 2 aromatic rings. The van der Waals surface area contributed by atoms with E-state index in [-0.39, 0.29) is 5.56 Å². The Hall–Kier alpha value is -3.33. The lowest BCUT2D eigenvalue weighted by Crippen LogP contribution is -2.27. The molecule has 1 aromatic carbocycles. The zero-order valence-electron chi connectivity index (χ0n) is 16.8. The summed E-state index contributed by atoms with van der Waals surface area (Å²) in [5.41, 5.74) is 1.95. The van der Waals surface area contributed by atoms with Gasteiger partial charge in [0.05, 0.1) is 18.0 Å². The molecule has 1 unspecified atom stereocenters. The molecule has 0 amide bonds. The van der Waals surface area contributed by atoms with Gasteiger partial charge in [0.1, 0.15) is 17.1 Å². The van der Waals surface area contributed by atoms with Gasteiger partial charge in [-0.3, -0.25) is 9.79 Å². The van der Waals surface area contributed by atoms with Crippen LogP contribution in [0.3, 0.4) is 0 Å². The van der Waals surface area contributed by atoms with Crippen LogP contribution in [0.25, 0.3) is 11.3 Å². The number of aryl methyl sites for hydroxylation is 1. The summed E-state index contributed by atoms with van der Waals surface area (Å²) in [5, 5.41) is 9.39. The molecule has 0 fully saturated rings. The molecule has 4 rings (SSSR count). The van der Waals surface area contributed by atoms with E-state index in [0.717, 1.165) is 12.0 Å². The third kappa shape index (κ3) is 3.64. The molecule has 1 N–H and O–H groups in total. The molecule has 0 bridgehead atoms. The van der Waals surface area contributed by atoms with Crippen LogP contribution in [0, 0.1) is 6.92 Å². The Labute approximate surface area is 173 Å². The van der Waals surface area contributed by atoms with E-state index in [9.17, 15) is 14.7 Å². The normalized spacial score (nSPS) is 16.2. The molecule has 1 aromatic heterocycles. The van der Waals surface area contributed by atoms with Crippen molar-refractivity contribution in [3.05, 3.63) is 57.4 Å². The van der Waals surface area contributed by atoms with Crippen molar-refractivity contribution >= 4 is 19.4 Å². The van der Waals surface area contributed by atoms with Crippen LogP contribution in [-0.4, -0.2) is 49.4 Å². The molecule has 0 radical (unpaired) electrons. The molecule has 2 aliphatic rings. The number of aromatic nitrogens is 1. The summed E-state index contributed by atoms with van der Waals surface area (Å²) in [5.74, 6) is 1.87. The van der Waals surface area contributed by atoms with Gasteiger partial charge in [-0.05, 0) is 24.7 Å². The average molecular weight is 408 g/mol. The largest absolute Gasteiger partial charge is 0.493 e. The van der Waals surface area contributed by atoms with Crippen molar-refractivity contribution < 1.29 is 24.1 Å². The smallest absolute Gasteiger partial charge is 0.341 e. The number of pyridine rings is 1. The molecular weight excluding hydrogens is 387 g/mol. The summed E-state index contributed by atoms with van der Waals surface area (Å²) < 4.78 is 18.8.